The van der Waals surface area contributed by atoms with Gasteiger partial charge in [0.25, 0.3) is 0 Å². The van der Waals surface area contributed by atoms with Crippen molar-refractivity contribution in [3.05, 3.63) is 77.9 Å². The first kappa shape index (κ1) is 32.5. The van der Waals surface area contributed by atoms with E-state index in [1.54, 1.807) is 48.5 Å². The van der Waals surface area contributed by atoms with Crippen molar-refractivity contribution in [3.8, 4) is 11.5 Å². The quantitative estimate of drug-likeness (QED) is 0.222. The summed E-state index contributed by atoms with van der Waals surface area (Å²) in [5.41, 5.74) is 2.71. The number of benzene rings is 3. The molecule has 1 amide bonds. The summed E-state index contributed by atoms with van der Waals surface area (Å²) in [6, 6.07) is 15.9. The monoisotopic (exact) mass is 653 g/mol. The molecule has 0 atom stereocenters. The second-order valence-electron chi connectivity index (χ2n) is 11.3. The van der Waals surface area contributed by atoms with Crippen molar-refractivity contribution < 1.29 is 30.6 Å². The number of amides is 1. The van der Waals surface area contributed by atoms with Gasteiger partial charge in [0, 0.05) is 32.3 Å². The van der Waals surface area contributed by atoms with E-state index in [4.69, 9.17) is 8.92 Å². The Bertz CT molecular complexity index is 1760. The second-order valence-corrected chi connectivity index (χ2v) is 14.8. The lowest BCUT2D eigenvalue weighted by atomic mass is 10.1. The maximum absolute atomic E-state index is 13.4. The summed E-state index contributed by atoms with van der Waals surface area (Å²) in [6.45, 7) is 4.49. The third-order valence-electron chi connectivity index (χ3n) is 8.00. The molecule has 0 spiro atoms. The van der Waals surface area contributed by atoms with E-state index in [9.17, 15) is 21.6 Å². The Kier molecular flexibility index (Phi) is 10.2. The zero-order chi connectivity index (χ0) is 32.0. The second kappa shape index (κ2) is 14.1. The molecule has 0 aliphatic carbocycles. The van der Waals surface area contributed by atoms with Crippen LogP contribution in [-0.4, -0.2) is 60.3 Å². The molecular formula is C33H39N3O7S2. The molecular weight excluding hydrogens is 615 g/mol. The van der Waals surface area contributed by atoms with E-state index in [2.05, 4.69) is 10.2 Å². The molecule has 240 valence electrons. The summed E-state index contributed by atoms with van der Waals surface area (Å²) in [5, 5.41) is 2.90. The molecule has 0 unspecified atom stereocenters. The van der Waals surface area contributed by atoms with Gasteiger partial charge >= 0.3 is 10.1 Å². The average molecular weight is 654 g/mol. The molecule has 10 nitrogen and oxygen atoms in total. The van der Waals surface area contributed by atoms with E-state index in [1.165, 1.54) is 35.7 Å². The summed E-state index contributed by atoms with van der Waals surface area (Å²) in [5.74, 6) is -0.254. The number of carbonyl (C=O) groups is 1. The highest BCUT2D eigenvalue weighted by Crippen LogP contribution is 2.34. The Morgan fingerprint density at radius 3 is 2.09 bits per heavy atom. The molecule has 3 aromatic rings. The molecule has 2 aliphatic heterocycles. The van der Waals surface area contributed by atoms with E-state index >= 15 is 0 Å². The molecule has 0 bridgehead atoms. The van der Waals surface area contributed by atoms with Crippen LogP contribution < -0.4 is 19.1 Å². The van der Waals surface area contributed by atoms with Gasteiger partial charge in [-0.25, -0.2) is 8.42 Å². The lowest BCUT2D eigenvalue weighted by Gasteiger charge is -2.31. The number of ether oxygens (including phenoxy) is 1. The lowest BCUT2D eigenvalue weighted by molar-refractivity contribution is -0.111. The molecule has 12 heteroatoms. The summed E-state index contributed by atoms with van der Waals surface area (Å²) in [7, 11) is -6.38. The van der Waals surface area contributed by atoms with Crippen molar-refractivity contribution in [2.75, 3.05) is 43.5 Å². The molecule has 2 heterocycles. The maximum atomic E-state index is 13.4. The number of sulfonamides is 1. The highest BCUT2D eigenvalue weighted by atomic mass is 32.2. The smallest absolute Gasteiger partial charge is 0.339 e. The van der Waals surface area contributed by atoms with Gasteiger partial charge in [-0.05, 0) is 93.1 Å². The van der Waals surface area contributed by atoms with Gasteiger partial charge in [-0.1, -0.05) is 30.2 Å². The first-order chi connectivity index (χ1) is 21.6. The molecule has 0 aromatic heterocycles. The number of nitrogens with one attached hydrogen (secondary N) is 1. The highest BCUT2D eigenvalue weighted by Gasteiger charge is 2.28. The third kappa shape index (κ3) is 7.86. The first-order valence-corrected chi connectivity index (χ1v) is 18.0. The van der Waals surface area contributed by atoms with Crippen molar-refractivity contribution >= 4 is 43.5 Å². The molecule has 2 fully saturated rings. The fraction of sp³-hybridized carbons (Fsp3) is 0.364. The van der Waals surface area contributed by atoms with Crippen LogP contribution in [0.1, 0.15) is 49.7 Å². The fourth-order valence-electron chi connectivity index (χ4n) is 5.51. The molecule has 0 radical (unpaired) electrons. The fourth-order valence-corrected chi connectivity index (χ4v) is 8.00. The molecule has 5 rings (SSSR count). The molecule has 2 saturated heterocycles. The summed E-state index contributed by atoms with van der Waals surface area (Å²) < 4.78 is 64.6. The average Bonchev–Trinajstić information content (AvgIpc) is 3.05. The van der Waals surface area contributed by atoms with Crippen LogP contribution >= 0.6 is 0 Å². The van der Waals surface area contributed by atoms with Crippen LogP contribution in [0.15, 0.2) is 76.5 Å². The number of carbonyl (C=O) groups excluding carboxylic acids is 1. The standard InChI is InChI=1S/C33H39N3O7S2/c1-25-9-13-27(14-10-25)45(40,41)43-31-17-11-26(23-32(31)42-2)12-18-33(37)34-29-24-28(44(38,39)36-21-7-4-8-22-36)15-16-30(29)35-19-5-3-6-20-35/h9-18,23-24H,3-8,19-22H2,1-2H3,(H,34,37)/b18-12+. The van der Waals surface area contributed by atoms with Crippen LogP contribution in [0.5, 0.6) is 11.5 Å². The topological polar surface area (TPSA) is 122 Å². The van der Waals surface area contributed by atoms with Gasteiger partial charge in [0.05, 0.1) is 23.4 Å². The molecule has 2 aliphatic rings. The van der Waals surface area contributed by atoms with Crippen LogP contribution in [0, 0.1) is 6.92 Å². The van der Waals surface area contributed by atoms with Crippen LogP contribution in [0.25, 0.3) is 6.08 Å². The number of hydrogen-bond donors (Lipinski definition) is 1. The number of aryl methyl sites for hydroxylation is 1. The van der Waals surface area contributed by atoms with Gasteiger partial charge in [0.15, 0.2) is 11.5 Å². The number of nitrogens with zero attached hydrogens (tertiary/aromatic N) is 2. The third-order valence-corrected chi connectivity index (χ3v) is 11.1. The van der Waals surface area contributed by atoms with Gasteiger partial charge in [0.1, 0.15) is 4.90 Å². The van der Waals surface area contributed by atoms with Gasteiger partial charge < -0.3 is 19.1 Å². The molecule has 45 heavy (non-hydrogen) atoms. The SMILES string of the molecule is COc1cc(/C=C/C(=O)Nc2cc(S(=O)(=O)N3CCCCC3)ccc2N2CCCCC2)ccc1OS(=O)(=O)c1ccc(C)cc1. The van der Waals surface area contributed by atoms with Crippen molar-refractivity contribution in [2.24, 2.45) is 0 Å². The summed E-state index contributed by atoms with van der Waals surface area (Å²) >= 11 is 0. The largest absolute Gasteiger partial charge is 0.493 e. The van der Waals surface area contributed by atoms with Crippen molar-refractivity contribution in [1.82, 2.24) is 4.31 Å². The number of anilines is 2. The van der Waals surface area contributed by atoms with E-state index in [0.29, 0.717) is 24.3 Å². The van der Waals surface area contributed by atoms with E-state index in [0.717, 1.165) is 62.9 Å². The Balaban J connectivity index is 1.35. The molecule has 0 saturated carbocycles. The Hall–Kier alpha value is -3.87. The van der Waals surface area contributed by atoms with Crippen molar-refractivity contribution in [2.45, 2.75) is 55.2 Å². The number of hydrogen-bond acceptors (Lipinski definition) is 8. The number of rotatable bonds is 10. The van der Waals surface area contributed by atoms with E-state index in [1.807, 2.05) is 6.92 Å². The highest BCUT2D eigenvalue weighted by molar-refractivity contribution is 7.89. The van der Waals surface area contributed by atoms with E-state index in [-0.39, 0.29) is 21.3 Å². The predicted octanol–water partition coefficient (Wildman–Crippen LogP) is 5.59. The van der Waals surface area contributed by atoms with Gasteiger partial charge in [0.2, 0.25) is 15.9 Å². The van der Waals surface area contributed by atoms with Gasteiger partial charge in [-0.3, -0.25) is 4.79 Å². The zero-order valence-electron chi connectivity index (χ0n) is 25.6. The zero-order valence-corrected chi connectivity index (χ0v) is 27.2. The predicted molar refractivity (Wildman–Crippen MR) is 175 cm³/mol. The first-order valence-electron chi connectivity index (χ1n) is 15.1. The lowest BCUT2D eigenvalue weighted by Crippen LogP contribution is -2.35. The van der Waals surface area contributed by atoms with E-state index < -0.39 is 26.0 Å². The van der Waals surface area contributed by atoms with Crippen LogP contribution in [-0.2, 0) is 24.9 Å². The van der Waals surface area contributed by atoms with Gasteiger partial charge in [-0.2, -0.15) is 12.7 Å². The summed E-state index contributed by atoms with van der Waals surface area (Å²) in [4.78, 5) is 15.5. The molecule has 1 N–H and O–H groups in total. The minimum absolute atomic E-state index is 0.0116. The summed E-state index contributed by atoms with van der Waals surface area (Å²) in [6.07, 6.45) is 8.76. The van der Waals surface area contributed by atoms with Crippen molar-refractivity contribution in [3.63, 3.8) is 0 Å². The Morgan fingerprint density at radius 2 is 1.42 bits per heavy atom. The molecule has 3 aromatic carbocycles. The van der Waals surface area contributed by atoms with Gasteiger partial charge in [-0.15, -0.1) is 0 Å². The minimum atomic E-state index is -4.08. The van der Waals surface area contributed by atoms with Crippen LogP contribution in [0.4, 0.5) is 11.4 Å². The van der Waals surface area contributed by atoms with Crippen LogP contribution in [0.3, 0.4) is 0 Å². The van der Waals surface area contributed by atoms with Crippen LogP contribution in [0.2, 0.25) is 0 Å². The van der Waals surface area contributed by atoms with Crippen molar-refractivity contribution in [1.29, 1.82) is 0 Å². The Morgan fingerprint density at radius 1 is 0.778 bits per heavy atom. The number of piperidine rings is 2. The maximum Gasteiger partial charge on any atom is 0.339 e. The Labute approximate surface area is 265 Å². The minimum Gasteiger partial charge on any atom is -0.493 e. The number of methoxy groups -OCH3 is 1. The normalized spacial score (nSPS) is 16.4.